The molecule has 4 atom stereocenters. The Morgan fingerprint density at radius 2 is 2.04 bits per heavy atom. The number of methoxy groups -OCH3 is 1. The molecule has 2 heterocycles. The number of nitrogens with zero attached hydrogens (tertiary/aromatic N) is 1. The molecule has 2 aliphatic heterocycles. The van der Waals surface area contributed by atoms with Crippen molar-refractivity contribution in [2.24, 2.45) is 11.8 Å². The number of ether oxygens (including phenoxy) is 1. The Kier molecular flexibility index (Phi) is 3.89. The molecule has 1 aromatic carbocycles. The molecule has 128 valence electrons. The molecular weight excluding hydrogens is 319 g/mol. The maximum atomic E-state index is 14.3. The number of hydrogen-bond donors (Lipinski definition) is 2. The lowest BCUT2D eigenvalue weighted by Crippen LogP contribution is -2.99. The first-order valence-corrected chi connectivity index (χ1v) is 7.50. The first-order chi connectivity index (χ1) is 11.4. The van der Waals surface area contributed by atoms with Gasteiger partial charge in [0.1, 0.15) is 30.3 Å². The molecule has 0 aliphatic carbocycles. The minimum atomic E-state index is -1.66. The molecule has 24 heavy (non-hydrogen) atoms. The number of aliphatic hydroxyl groups excluding tert-OH is 1. The molecule has 3 N–H and O–H groups in total. The number of fused-ring (bicyclic) bond motifs is 1. The van der Waals surface area contributed by atoms with Gasteiger partial charge >= 0.3 is 5.97 Å². The van der Waals surface area contributed by atoms with Crippen LogP contribution in [0.5, 0.6) is 0 Å². The van der Waals surface area contributed by atoms with Crippen molar-refractivity contribution in [3.8, 4) is 0 Å². The van der Waals surface area contributed by atoms with Crippen LogP contribution in [0.3, 0.4) is 0 Å². The van der Waals surface area contributed by atoms with Crippen LogP contribution in [0, 0.1) is 17.7 Å². The summed E-state index contributed by atoms with van der Waals surface area (Å²) < 4.78 is 19.0. The molecule has 2 fully saturated rings. The van der Waals surface area contributed by atoms with Crippen LogP contribution in [0.4, 0.5) is 4.39 Å². The van der Waals surface area contributed by atoms with Crippen molar-refractivity contribution in [1.29, 1.82) is 0 Å². The summed E-state index contributed by atoms with van der Waals surface area (Å²) in [6.45, 7) is -0.696. The molecule has 7 nitrogen and oxygen atoms in total. The van der Waals surface area contributed by atoms with Crippen LogP contribution in [0.2, 0.25) is 0 Å². The molecule has 0 aromatic heterocycles. The van der Waals surface area contributed by atoms with Crippen LogP contribution in [0.15, 0.2) is 24.3 Å². The van der Waals surface area contributed by atoms with Gasteiger partial charge in [0.2, 0.25) is 17.4 Å². The van der Waals surface area contributed by atoms with E-state index in [-0.39, 0.29) is 5.56 Å². The highest BCUT2D eigenvalue weighted by molar-refractivity contribution is 6.08. The Balaban J connectivity index is 2.17. The summed E-state index contributed by atoms with van der Waals surface area (Å²) in [4.78, 5) is 38.3. The predicted octanol–water partition coefficient (Wildman–Crippen LogP) is -1.42. The van der Waals surface area contributed by atoms with Gasteiger partial charge in [0.15, 0.2) is 0 Å². The van der Waals surface area contributed by atoms with E-state index < -0.39 is 53.6 Å². The molecule has 2 amide bonds. The third-order valence-corrected chi connectivity index (χ3v) is 5.08. The minimum absolute atomic E-state index is 0.211. The number of quaternary nitrogens is 1. The highest BCUT2D eigenvalue weighted by Crippen LogP contribution is 2.44. The normalized spacial score (nSPS) is 32.2. The van der Waals surface area contributed by atoms with Crippen molar-refractivity contribution in [2.45, 2.75) is 11.6 Å². The third kappa shape index (κ3) is 1.99. The van der Waals surface area contributed by atoms with Gasteiger partial charge in [-0.05, 0) is 6.07 Å². The van der Waals surface area contributed by atoms with Crippen LogP contribution in [0.25, 0.3) is 0 Å². The van der Waals surface area contributed by atoms with Crippen molar-refractivity contribution >= 4 is 17.8 Å². The molecule has 1 aromatic rings. The molecule has 0 saturated carbocycles. The zero-order valence-corrected chi connectivity index (χ0v) is 13.2. The van der Waals surface area contributed by atoms with Crippen LogP contribution in [-0.4, -0.2) is 54.1 Å². The molecule has 2 aliphatic rings. The van der Waals surface area contributed by atoms with E-state index in [2.05, 4.69) is 0 Å². The van der Waals surface area contributed by atoms with Crippen molar-refractivity contribution < 1.29 is 33.9 Å². The summed E-state index contributed by atoms with van der Waals surface area (Å²) in [6.07, 6.45) is 0. The highest BCUT2D eigenvalue weighted by Gasteiger charge is 2.72. The number of benzene rings is 1. The predicted molar refractivity (Wildman–Crippen MR) is 77.7 cm³/mol. The van der Waals surface area contributed by atoms with E-state index in [0.717, 1.165) is 12.0 Å². The average molecular weight is 337 g/mol. The summed E-state index contributed by atoms with van der Waals surface area (Å²) in [5, 5.41) is 11.3. The fourth-order valence-electron chi connectivity index (χ4n) is 3.90. The second-order valence-electron chi connectivity index (χ2n) is 6.14. The quantitative estimate of drug-likeness (QED) is 0.521. The van der Waals surface area contributed by atoms with Gasteiger partial charge in [-0.3, -0.25) is 14.5 Å². The van der Waals surface area contributed by atoms with E-state index in [0.29, 0.717) is 0 Å². The summed E-state index contributed by atoms with van der Waals surface area (Å²) >= 11 is 0. The van der Waals surface area contributed by atoms with Crippen molar-refractivity contribution in [2.75, 3.05) is 20.8 Å². The Morgan fingerprint density at radius 3 is 2.62 bits per heavy atom. The molecular formula is C16H18FN2O5+. The number of aliphatic hydroxyl groups is 1. The minimum Gasteiger partial charge on any atom is -0.464 e. The van der Waals surface area contributed by atoms with Crippen molar-refractivity contribution in [3.05, 3.63) is 35.6 Å². The lowest BCUT2D eigenvalue weighted by Gasteiger charge is -2.26. The number of hydrogen-bond acceptors (Lipinski definition) is 5. The Labute approximate surface area is 137 Å². The topological polar surface area (TPSA) is 101 Å². The largest absolute Gasteiger partial charge is 0.464 e. The van der Waals surface area contributed by atoms with E-state index in [9.17, 15) is 23.9 Å². The molecule has 0 spiro atoms. The first-order valence-electron chi connectivity index (χ1n) is 7.50. The summed E-state index contributed by atoms with van der Waals surface area (Å²) in [5.41, 5.74) is -1.45. The number of amides is 2. The van der Waals surface area contributed by atoms with Crippen molar-refractivity contribution in [1.82, 2.24) is 4.90 Å². The number of esters is 1. The van der Waals surface area contributed by atoms with Crippen LogP contribution < -0.4 is 5.32 Å². The second kappa shape index (κ2) is 5.64. The van der Waals surface area contributed by atoms with Crippen LogP contribution in [-0.2, 0) is 19.1 Å². The average Bonchev–Trinajstić information content (AvgIpc) is 3.05. The van der Waals surface area contributed by atoms with Gasteiger partial charge in [-0.2, -0.15) is 0 Å². The number of imide groups is 1. The SMILES string of the molecule is COC(=O)[C@]1(CO)[NH2+][C@@H](c2ccccc2F)[C@H]2C(=O)N(C)C(=O)[C@H]21. The standard InChI is InChI=1S/C16H17FN2O5/c1-19-13(21)10-11(14(19)22)16(7-20,15(23)24-2)18-12(10)8-5-3-4-6-9(8)17/h3-6,10-12,18,20H,7H2,1-2H3/p+1/t10-,11-,12-,16+/m0/s1. The fourth-order valence-corrected chi connectivity index (χ4v) is 3.90. The maximum absolute atomic E-state index is 14.3. The third-order valence-electron chi connectivity index (χ3n) is 5.08. The Hall–Kier alpha value is -2.32. The maximum Gasteiger partial charge on any atom is 0.371 e. The fraction of sp³-hybridized carbons (Fsp3) is 0.438. The molecule has 0 unspecified atom stereocenters. The van der Waals surface area contributed by atoms with Gasteiger partial charge in [0.25, 0.3) is 0 Å². The lowest BCUT2D eigenvalue weighted by atomic mass is 9.79. The van der Waals surface area contributed by atoms with Crippen LogP contribution in [0.1, 0.15) is 11.6 Å². The van der Waals surface area contributed by atoms with Crippen LogP contribution >= 0.6 is 0 Å². The van der Waals surface area contributed by atoms with E-state index in [4.69, 9.17) is 4.74 Å². The van der Waals surface area contributed by atoms with Gasteiger partial charge < -0.3 is 15.2 Å². The van der Waals surface area contributed by atoms with E-state index in [1.54, 1.807) is 6.07 Å². The highest BCUT2D eigenvalue weighted by atomic mass is 19.1. The molecule has 0 radical (unpaired) electrons. The monoisotopic (exact) mass is 337 g/mol. The molecule has 8 heteroatoms. The number of halogens is 1. The van der Waals surface area contributed by atoms with E-state index in [1.807, 2.05) is 0 Å². The van der Waals surface area contributed by atoms with Gasteiger partial charge in [0, 0.05) is 12.6 Å². The van der Waals surface area contributed by atoms with Gasteiger partial charge in [0.05, 0.1) is 7.11 Å². The molecule has 3 rings (SSSR count). The molecule has 0 bridgehead atoms. The Morgan fingerprint density at radius 1 is 1.38 bits per heavy atom. The summed E-state index contributed by atoms with van der Waals surface area (Å²) in [7, 11) is 2.46. The molecule has 2 saturated heterocycles. The smallest absolute Gasteiger partial charge is 0.371 e. The lowest BCUT2D eigenvalue weighted by molar-refractivity contribution is -0.735. The first kappa shape index (κ1) is 16.5. The van der Waals surface area contributed by atoms with Gasteiger partial charge in [-0.1, -0.05) is 18.2 Å². The Bertz CT molecular complexity index is 724. The zero-order chi connectivity index (χ0) is 17.6. The summed E-state index contributed by atoms with van der Waals surface area (Å²) in [5.74, 6) is -4.45. The summed E-state index contributed by atoms with van der Waals surface area (Å²) in [6, 6.07) is 5.08. The van der Waals surface area contributed by atoms with E-state index in [1.165, 1.54) is 30.6 Å². The number of carbonyl (C=O) groups is 3. The van der Waals surface area contributed by atoms with Gasteiger partial charge in [-0.15, -0.1) is 0 Å². The zero-order valence-electron chi connectivity index (χ0n) is 13.2. The number of likely N-dealkylation sites (tertiary alicyclic amines) is 1. The van der Waals surface area contributed by atoms with Crippen molar-refractivity contribution in [3.63, 3.8) is 0 Å². The second-order valence-corrected chi connectivity index (χ2v) is 6.14. The van der Waals surface area contributed by atoms with Gasteiger partial charge in [-0.25, -0.2) is 9.18 Å². The number of carbonyl (C=O) groups excluding carboxylic acids is 3. The number of nitrogens with two attached hydrogens (primary N) is 1. The number of rotatable bonds is 3. The van der Waals surface area contributed by atoms with E-state index >= 15 is 0 Å².